The van der Waals surface area contributed by atoms with Crippen molar-refractivity contribution in [2.75, 3.05) is 18.8 Å². The van der Waals surface area contributed by atoms with Gasteiger partial charge in [-0.3, -0.25) is 4.79 Å². The van der Waals surface area contributed by atoms with Crippen LogP contribution in [0.1, 0.15) is 66.8 Å². The van der Waals surface area contributed by atoms with Crippen molar-refractivity contribution in [1.29, 1.82) is 0 Å². The van der Waals surface area contributed by atoms with Crippen LogP contribution in [0.25, 0.3) is 0 Å². The van der Waals surface area contributed by atoms with Gasteiger partial charge in [-0.25, -0.2) is 4.79 Å². The molecule has 1 rings (SSSR count). The Morgan fingerprint density at radius 1 is 1.22 bits per heavy atom. The molecule has 0 aliphatic heterocycles. The van der Waals surface area contributed by atoms with Crippen LogP contribution in [0.4, 0.5) is 4.79 Å². The van der Waals surface area contributed by atoms with Gasteiger partial charge in [-0.2, -0.15) is 0 Å². The van der Waals surface area contributed by atoms with E-state index in [4.69, 9.17) is 9.15 Å². The van der Waals surface area contributed by atoms with E-state index in [1.807, 2.05) is 27.7 Å². The SMILES string of the molecule is CCN(CC)C(=O)CSc1nnc([C@H](CC(C)C)NC(=O)OC(C)(C)C)o1. The van der Waals surface area contributed by atoms with Crippen molar-refractivity contribution in [2.45, 2.75) is 71.8 Å². The lowest BCUT2D eigenvalue weighted by molar-refractivity contribution is -0.127. The van der Waals surface area contributed by atoms with E-state index in [1.165, 1.54) is 11.8 Å². The van der Waals surface area contributed by atoms with Crippen LogP contribution in [-0.2, 0) is 9.53 Å². The number of carbonyl (C=O) groups is 2. The van der Waals surface area contributed by atoms with E-state index in [0.717, 1.165) is 0 Å². The maximum atomic E-state index is 12.1. The lowest BCUT2D eigenvalue weighted by atomic mass is 10.0. The highest BCUT2D eigenvalue weighted by Gasteiger charge is 2.25. The number of thioether (sulfide) groups is 1. The molecule has 0 aromatic carbocycles. The zero-order valence-corrected chi connectivity index (χ0v) is 18.2. The van der Waals surface area contributed by atoms with Gasteiger partial charge in [-0.1, -0.05) is 25.6 Å². The Balaban J connectivity index is 2.75. The molecule has 2 amide bonds. The second-order valence-corrected chi connectivity index (χ2v) is 8.52. The second-order valence-electron chi connectivity index (χ2n) is 7.59. The maximum Gasteiger partial charge on any atom is 0.408 e. The molecule has 0 fully saturated rings. The smallest absolute Gasteiger partial charge is 0.408 e. The van der Waals surface area contributed by atoms with Crippen LogP contribution >= 0.6 is 11.8 Å². The summed E-state index contributed by atoms with van der Waals surface area (Å²) in [6, 6.07) is -0.444. The molecular weight excluding hydrogens is 368 g/mol. The Kier molecular flexibility index (Phi) is 9.08. The molecule has 0 unspecified atom stereocenters. The monoisotopic (exact) mass is 400 g/mol. The maximum absolute atomic E-state index is 12.1. The van der Waals surface area contributed by atoms with Crippen LogP contribution in [0.15, 0.2) is 9.64 Å². The molecule has 9 heteroatoms. The zero-order valence-electron chi connectivity index (χ0n) is 17.4. The average Bonchev–Trinajstić information content (AvgIpc) is 3.00. The van der Waals surface area contributed by atoms with E-state index in [1.54, 1.807) is 25.7 Å². The number of rotatable bonds is 9. The number of amides is 2. The summed E-state index contributed by atoms with van der Waals surface area (Å²) in [6.07, 6.45) is 0.0986. The lowest BCUT2D eigenvalue weighted by Gasteiger charge is -2.23. The number of hydrogen-bond acceptors (Lipinski definition) is 7. The minimum atomic E-state index is -0.590. The van der Waals surface area contributed by atoms with Gasteiger partial charge in [0.2, 0.25) is 11.8 Å². The normalized spacial score (nSPS) is 12.7. The predicted octanol–water partition coefficient (Wildman–Crippen LogP) is 3.64. The highest BCUT2D eigenvalue weighted by molar-refractivity contribution is 7.99. The van der Waals surface area contributed by atoms with Crippen molar-refractivity contribution in [3.05, 3.63) is 5.89 Å². The molecule has 0 bridgehead atoms. The van der Waals surface area contributed by atoms with Gasteiger partial charge in [0.05, 0.1) is 5.75 Å². The summed E-state index contributed by atoms with van der Waals surface area (Å²) in [5.41, 5.74) is -0.590. The molecular formula is C18H32N4O4S. The molecule has 0 saturated carbocycles. The van der Waals surface area contributed by atoms with Crippen molar-refractivity contribution in [3.8, 4) is 0 Å². The first-order valence-corrected chi connectivity index (χ1v) is 10.3. The van der Waals surface area contributed by atoms with Crippen LogP contribution in [0.2, 0.25) is 0 Å². The lowest BCUT2D eigenvalue weighted by Crippen LogP contribution is -2.35. The van der Waals surface area contributed by atoms with Crippen molar-refractivity contribution in [2.24, 2.45) is 5.92 Å². The highest BCUT2D eigenvalue weighted by Crippen LogP contribution is 2.24. The number of nitrogens with zero attached hydrogens (tertiary/aromatic N) is 3. The number of hydrogen-bond donors (Lipinski definition) is 1. The van der Waals surface area contributed by atoms with E-state index in [-0.39, 0.29) is 11.7 Å². The molecule has 0 spiro atoms. The quantitative estimate of drug-likeness (QED) is 0.632. The van der Waals surface area contributed by atoms with Crippen LogP contribution in [0, 0.1) is 5.92 Å². The Morgan fingerprint density at radius 2 is 1.85 bits per heavy atom. The van der Waals surface area contributed by atoms with E-state index >= 15 is 0 Å². The third-order valence-corrected chi connectivity index (χ3v) is 4.36. The van der Waals surface area contributed by atoms with Gasteiger partial charge in [0.1, 0.15) is 11.6 Å². The number of aromatic nitrogens is 2. The first-order valence-electron chi connectivity index (χ1n) is 9.29. The van der Waals surface area contributed by atoms with Crippen molar-refractivity contribution in [3.63, 3.8) is 0 Å². The molecule has 8 nitrogen and oxygen atoms in total. The molecule has 154 valence electrons. The summed E-state index contributed by atoms with van der Waals surface area (Å²) in [4.78, 5) is 25.9. The molecule has 1 heterocycles. The van der Waals surface area contributed by atoms with E-state index in [9.17, 15) is 9.59 Å². The van der Waals surface area contributed by atoms with Gasteiger partial charge in [-0.05, 0) is 47.0 Å². The first-order chi connectivity index (χ1) is 12.6. The number of alkyl carbamates (subject to hydrolysis) is 1. The summed E-state index contributed by atoms with van der Waals surface area (Å²) in [5.74, 6) is 0.873. The largest absolute Gasteiger partial charge is 0.444 e. The number of carbonyl (C=O) groups excluding carboxylic acids is 2. The Morgan fingerprint density at radius 3 is 2.37 bits per heavy atom. The molecule has 0 aliphatic carbocycles. The fourth-order valence-electron chi connectivity index (χ4n) is 2.35. The molecule has 0 aliphatic rings. The van der Waals surface area contributed by atoms with Crippen molar-refractivity contribution >= 4 is 23.8 Å². The molecule has 0 saturated heterocycles. The van der Waals surface area contributed by atoms with Crippen LogP contribution in [0.5, 0.6) is 0 Å². The molecule has 1 aromatic heterocycles. The topological polar surface area (TPSA) is 97.6 Å². The summed E-state index contributed by atoms with van der Waals surface area (Å²) < 4.78 is 11.0. The summed E-state index contributed by atoms with van der Waals surface area (Å²) in [5, 5.41) is 11.1. The average molecular weight is 401 g/mol. The predicted molar refractivity (Wildman–Crippen MR) is 105 cm³/mol. The number of nitrogens with one attached hydrogen (secondary N) is 1. The van der Waals surface area contributed by atoms with Crippen LogP contribution in [0.3, 0.4) is 0 Å². The minimum absolute atomic E-state index is 0.0235. The van der Waals surface area contributed by atoms with Gasteiger partial charge in [0, 0.05) is 13.1 Å². The molecule has 1 atom stereocenters. The number of ether oxygens (including phenoxy) is 1. The third-order valence-electron chi connectivity index (χ3n) is 3.55. The van der Waals surface area contributed by atoms with Crippen molar-refractivity contribution < 1.29 is 18.7 Å². The summed E-state index contributed by atoms with van der Waals surface area (Å²) in [6.45, 7) is 14.7. The van der Waals surface area contributed by atoms with E-state index in [0.29, 0.717) is 36.5 Å². The van der Waals surface area contributed by atoms with Crippen LogP contribution in [-0.4, -0.2) is 51.5 Å². The fraction of sp³-hybridized carbons (Fsp3) is 0.778. The zero-order chi connectivity index (χ0) is 20.6. The van der Waals surface area contributed by atoms with Gasteiger partial charge in [0.15, 0.2) is 0 Å². The first kappa shape index (κ1) is 23.3. The fourth-order valence-corrected chi connectivity index (χ4v) is 3.03. The van der Waals surface area contributed by atoms with E-state index < -0.39 is 17.7 Å². The Bertz CT molecular complexity index is 609. The van der Waals surface area contributed by atoms with Gasteiger partial charge >= 0.3 is 6.09 Å². The Labute approximate surface area is 165 Å². The van der Waals surface area contributed by atoms with Gasteiger partial charge in [0.25, 0.3) is 5.22 Å². The second kappa shape index (κ2) is 10.5. The standard InChI is InChI=1S/C18H32N4O4S/c1-8-22(9-2)14(23)11-27-17-21-20-15(25-17)13(10-12(3)4)19-16(24)26-18(5,6)7/h12-13H,8-11H2,1-7H3,(H,19,24)/t13-/m0/s1. The molecule has 1 aromatic rings. The van der Waals surface area contributed by atoms with Crippen molar-refractivity contribution in [1.82, 2.24) is 20.4 Å². The summed E-state index contributed by atoms with van der Waals surface area (Å²) >= 11 is 1.20. The van der Waals surface area contributed by atoms with Gasteiger partial charge < -0.3 is 19.4 Å². The van der Waals surface area contributed by atoms with Crippen LogP contribution < -0.4 is 5.32 Å². The van der Waals surface area contributed by atoms with Gasteiger partial charge in [-0.15, -0.1) is 10.2 Å². The van der Waals surface area contributed by atoms with E-state index in [2.05, 4.69) is 15.5 Å². The minimum Gasteiger partial charge on any atom is -0.444 e. The Hall–Kier alpha value is -1.77. The third kappa shape index (κ3) is 8.64. The molecule has 1 N–H and O–H groups in total. The molecule has 27 heavy (non-hydrogen) atoms. The highest BCUT2D eigenvalue weighted by atomic mass is 32.2. The molecule has 0 radical (unpaired) electrons. The summed E-state index contributed by atoms with van der Waals surface area (Å²) in [7, 11) is 0.